The predicted octanol–water partition coefficient (Wildman–Crippen LogP) is 5.90. The highest BCUT2D eigenvalue weighted by Crippen LogP contribution is 2.31. The molecule has 2 bridgehead atoms. The third-order valence-electron chi connectivity index (χ3n) is 10.4. The summed E-state index contributed by atoms with van der Waals surface area (Å²) in [6.45, 7) is 6.45. The first kappa shape index (κ1) is 35.3. The normalized spacial score (nSPS) is 19.2. The number of benzene rings is 4. The van der Waals surface area contributed by atoms with Crippen molar-refractivity contribution in [3.8, 4) is 11.5 Å². The molecule has 0 aliphatic carbocycles. The van der Waals surface area contributed by atoms with Crippen LogP contribution < -0.4 is 20.9 Å². The molecule has 1 aromatic heterocycles. The second-order valence-corrected chi connectivity index (χ2v) is 13.9. The van der Waals surface area contributed by atoms with Crippen molar-refractivity contribution in [2.45, 2.75) is 51.0 Å². The molecule has 3 atom stereocenters. The van der Waals surface area contributed by atoms with Crippen LogP contribution in [-0.2, 0) is 17.8 Å². The zero-order valence-electron chi connectivity index (χ0n) is 29.4. The maximum atomic E-state index is 13.2. The third-order valence-corrected chi connectivity index (χ3v) is 10.4. The van der Waals surface area contributed by atoms with E-state index < -0.39 is 12.2 Å². The fourth-order valence-electron chi connectivity index (χ4n) is 7.49. The molecule has 1 amide bonds. The number of hydrogen-bond acceptors (Lipinski definition) is 8. The van der Waals surface area contributed by atoms with Gasteiger partial charge in [0.25, 0.3) is 0 Å². The van der Waals surface area contributed by atoms with Gasteiger partial charge in [0.1, 0.15) is 24.2 Å². The van der Waals surface area contributed by atoms with Crippen molar-refractivity contribution in [1.29, 1.82) is 0 Å². The number of pyridine rings is 1. The van der Waals surface area contributed by atoms with Crippen molar-refractivity contribution in [2.24, 2.45) is 5.92 Å². The van der Waals surface area contributed by atoms with Gasteiger partial charge in [-0.15, -0.1) is 0 Å². The zero-order chi connectivity index (χ0) is 36.0. The van der Waals surface area contributed by atoms with E-state index >= 15 is 0 Å². The number of piperidine rings is 3. The molecule has 52 heavy (non-hydrogen) atoms. The molecule has 10 nitrogen and oxygen atoms in total. The number of aromatic nitrogens is 1. The molecule has 1 unspecified atom stereocenters. The van der Waals surface area contributed by atoms with Gasteiger partial charge in [-0.3, -0.25) is 9.69 Å². The van der Waals surface area contributed by atoms with Crippen molar-refractivity contribution < 1.29 is 24.5 Å². The summed E-state index contributed by atoms with van der Waals surface area (Å²) in [6, 6.07) is 29.9. The van der Waals surface area contributed by atoms with E-state index in [9.17, 15) is 19.8 Å². The van der Waals surface area contributed by atoms with Gasteiger partial charge in [-0.2, -0.15) is 0 Å². The summed E-state index contributed by atoms with van der Waals surface area (Å²) in [6.07, 6.45) is 1.66. The van der Waals surface area contributed by atoms with Gasteiger partial charge in [0.15, 0.2) is 0 Å². The molecule has 10 heteroatoms. The maximum absolute atomic E-state index is 13.2. The van der Waals surface area contributed by atoms with Crippen LogP contribution in [0.3, 0.4) is 0 Å². The minimum atomic E-state index is -0.809. The SMILES string of the molecule is Cc1cc(CCNC[C@H](O)c2ccc(O)c3[nH]c(=O)ccc23)ccc1COc1cccc(C(NC(=O)O[C@H]2CN3CCC2CC3)c2ccccc2)c1. The Balaban J connectivity index is 0.933. The summed E-state index contributed by atoms with van der Waals surface area (Å²) in [5, 5.41) is 28.1. The molecular weight excluding hydrogens is 656 g/mol. The van der Waals surface area contributed by atoms with Gasteiger partial charge in [-0.1, -0.05) is 66.7 Å². The van der Waals surface area contributed by atoms with Crippen molar-refractivity contribution in [3.05, 3.63) is 141 Å². The van der Waals surface area contributed by atoms with Crippen LogP contribution >= 0.6 is 0 Å². The molecule has 5 aromatic rings. The topological polar surface area (TPSA) is 136 Å². The summed E-state index contributed by atoms with van der Waals surface area (Å²) in [5.41, 5.74) is 5.89. The lowest BCUT2D eigenvalue weighted by Crippen LogP contribution is -2.52. The largest absolute Gasteiger partial charge is 0.506 e. The highest BCUT2D eigenvalue weighted by Gasteiger charge is 2.37. The first-order valence-corrected chi connectivity index (χ1v) is 18.1. The monoisotopic (exact) mass is 702 g/mol. The summed E-state index contributed by atoms with van der Waals surface area (Å²) < 4.78 is 12.3. The molecule has 0 radical (unpaired) electrons. The van der Waals surface area contributed by atoms with Crippen molar-refractivity contribution in [2.75, 3.05) is 32.7 Å². The Labute approximate surface area is 303 Å². The van der Waals surface area contributed by atoms with Crippen molar-refractivity contribution in [3.63, 3.8) is 0 Å². The number of hydrogen-bond donors (Lipinski definition) is 5. The first-order valence-electron chi connectivity index (χ1n) is 18.1. The maximum Gasteiger partial charge on any atom is 0.408 e. The van der Waals surface area contributed by atoms with Crippen LogP contribution in [0.1, 0.15) is 58.4 Å². The van der Waals surface area contributed by atoms with Crippen molar-refractivity contribution in [1.82, 2.24) is 20.5 Å². The molecule has 4 heterocycles. The molecule has 270 valence electrons. The standard InChI is InChI=1S/C42H46N4O6/c1-27-22-28(16-19-43-24-37(48)34-12-14-36(47)41-35(34)13-15-39(49)44-41)10-11-32(27)26-51-33-9-5-8-31(23-33)40(30-6-3-2-4-7-30)45-42(50)52-38-25-46-20-17-29(38)18-21-46/h2-15,22-23,29,37-38,40,43,47-48H,16-21,24-26H2,1H3,(H,44,49)(H,45,50)/t37-,38-,40?/m0/s1. The Morgan fingerprint density at radius 1 is 0.962 bits per heavy atom. The number of H-pyrrole nitrogens is 1. The summed E-state index contributed by atoms with van der Waals surface area (Å²) >= 11 is 0. The summed E-state index contributed by atoms with van der Waals surface area (Å²) in [7, 11) is 0. The minimum absolute atomic E-state index is 0.0307. The number of carbonyl (C=O) groups is 1. The average Bonchev–Trinajstić information content (AvgIpc) is 3.16. The number of aryl methyl sites for hydroxylation is 1. The quantitative estimate of drug-likeness (QED) is 0.0959. The third kappa shape index (κ3) is 8.31. The molecule has 3 fully saturated rings. The van der Waals surface area contributed by atoms with Crippen molar-refractivity contribution >= 4 is 17.0 Å². The van der Waals surface area contributed by atoms with E-state index in [1.165, 1.54) is 17.7 Å². The van der Waals surface area contributed by atoms with Gasteiger partial charge >= 0.3 is 6.09 Å². The Bertz CT molecular complexity index is 2060. The number of alkyl carbamates (subject to hydrolysis) is 1. The lowest BCUT2D eigenvalue weighted by Gasteiger charge is -2.43. The number of amides is 1. The highest BCUT2D eigenvalue weighted by molar-refractivity contribution is 5.87. The second-order valence-electron chi connectivity index (χ2n) is 13.9. The Hall–Kier alpha value is -5.16. The molecule has 3 aliphatic heterocycles. The molecule has 3 saturated heterocycles. The number of aromatic amines is 1. The van der Waals surface area contributed by atoms with E-state index in [0.717, 1.165) is 61.2 Å². The van der Waals surface area contributed by atoms with Gasteiger partial charge in [-0.05, 0) is 109 Å². The van der Waals surface area contributed by atoms with Gasteiger partial charge in [0.05, 0.1) is 17.7 Å². The zero-order valence-corrected chi connectivity index (χ0v) is 29.4. The number of nitrogens with one attached hydrogen (secondary N) is 3. The average molecular weight is 703 g/mol. The number of ether oxygens (including phenoxy) is 2. The van der Waals surface area contributed by atoms with Crippen LogP contribution in [-0.4, -0.2) is 65.0 Å². The van der Waals surface area contributed by atoms with Crippen LogP contribution in [0.5, 0.6) is 11.5 Å². The fourth-order valence-corrected chi connectivity index (χ4v) is 7.49. The molecule has 0 spiro atoms. The summed E-state index contributed by atoms with van der Waals surface area (Å²) in [4.78, 5) is 30.0. The molecule has 4 aromatic carbocycles. The lowest BCUT2D eigenvalue weighted by molar-refractivity contribution is -0.0336. The number of rotatable bonds is 13. The molecule has 0 saturated carbocycles. The number of phenolic OH excluding ortho intramolecular Hbond substituents is 1. The number of aliphatic hydroxyl groups excluding tert-OH is 1. The number of aliphatic hydroxyl groups is 1. The number of carbonyl (C=O) groups excluding carboxylic acids is 1. The first-order chi connectivity index (χ1) is 25.3. The van der Waals surface area contributed by atoms with E-state index in [-0.39, 0.29) is 23.5 Å². The minimum Gasteiger partial charge on any atom is -0.506 e. The smallest absolute Gasteiger partial charge is 0.408 e. The van der Waals surface area contributed by atoms with E-state index in [2.05, 4.69) is 45.6 Å². The van der Waals surface area contributed by atoms with Gasteiger partial charge in [0.2, 0.25) is 5.56 Å². The Kier molecular flexibility index (Phi) is 10.9. The number of nitrogens with zero attached hydrogens (tertiary/aromatic N) is 1. The van der Waals surface area contributed by atoms with E-state index in [1.54, 1.807) is 12.1 Å². The molecule has 8 rings (SSSR count). The number of phenols is 1. The molecule has 3 aliphatic rings. The number of fused-ring (bicyclic) bond motifs is 4. The van der Waals surface area contributed by atoms with Crippen LogP contribution in [0.4, 0.5) is 4.79 Å². The Morgan fingerprint density at radius 3 is 2.54 bits per heavy atom. The summed E-state index contributed by atoms with van der Waals surface area (Å²) in [5.74, 6) is 1.12. The molecule has 5 N–H and O–H groups in total. The fraction of sp³-hybridized carbons (Fsp3) is 0.333. The van der Waals surface area contributed by atoms with E-state index in [0.29, 0.717) is 47.8 Å². The van der Waals surface area contributed by atoms with Crippen LogP contribution in [0.2, 0.25) is 0 Å². The van der Waals surface area contributed by atoms with E-state index in [1.807, 2.05) is 54.6 Å². The van der Waals surface area contributed by atoms with Gasteiger partial charge in [-0.25, -0.2) is 4.79 Å². The lowest BCUT2D eigenvalue weighted by atomic mass is 9.86. The van der Waals surface area contributed by atoms with E-state index in [4.69, 9.17) is 9.47 Å². The van der Waals surface area contributed by atoms with Gasteiger partial charge in [0, 0.05) is 24.5 Å². The van der Waals surface area contributed by atoms with Crippen LogP contribution in [0, 0.1) is 12.8 Å². The Morgan fingerprint density at radius 2 is 1.77 bits per heavy atom. The number of aromatic hydroxyl groups is 1. The highest BCUT2D eigenvalue weighted by atomic mass is 16.6. The van der Waals surface area contributed by atoms with Crippen LogP contribution in [0.25, 0.3) is 10.9 Å². The molecular formula is C42H46N4O6. The van der Waals surface area contributed by atoms with Crippen LogP contribution in [0.15, 0.2) is 102 Å². The second kappa shape index (κ2) is 16.0. The van der Waals surface area contributed by atoms with Gasteiger partial charge < -0.3 is 35.3 Å². The predicted molar refractivity (Wildman–Crippen MR) is 201 cm³/mol.